The molecule has 1 aliphatic rings. The summed E-state index contributed by atoms with van der Waals surface area (Å²) in [4.78, 5) is 25.5. The Morgan fingerprint density at radius 3 is 2.20 bits per heavy atom. The van der Waals surface area contributed by atoms with Crippen LogP contribution in [0.3, 0.4) is 0 Å². The molecular formula is C14H10ClN3O2. The van der Waals surface area contributed by atoms with E-state index in [4.69, 9.17) is 17.0 Å². The third kappa shape index (κ3) is 1.92. The van der Waals surface area contributed by atoms with Gasteiger partial charge in [0.1, 0.15) is 12.2 Å². The third-order valence-corrected chi connectivity index (χ3v) is 3.38. The molecule has 3 rings (SSSR count). The average Bonchev–Trinajstić information content (AvgIpc) is 2.68. The number of pyridine rings is 1. The van der Waals surface area contributed by atoms with Crippen molar-refractivity contribution in [3.05, 3.63) is 64.2 Å². The Morgan fingerprint density at radius 2 is 1.60 bits per heavy atom. The molecule has 6 heteroatoms. The Morgan fingerprint density at radius 1 is 1.00 bits per heavy atom. The fraction of sp³-hybridized carbons (Fsp3) is 0.0714. The zero-order valence-electron chi connectivity index (χ0n) is 10.3. The van der Waals surface area contributed by atoms with Crippen molar-refractivity contribution in [2.45, 2.75) is 6.67 Å². The van der Waals surface area contributed by atoms with Crippen molar-refractivity contribution < 1.29 is 9.59 Å². The first-order valence-electron chi connectivity index (χ1n) is 5.94. The molecule has 2 heterocycles. The molecular weight excluding hydrogens is 278 g/mol. The van der Waals surface area contributed by atoms with Crippen LogP contribution in [-0.2, 0) is 6.67 Å². The highest BCUT2D eigenvalue weighted by atomic mass is 35.5. The minimum absolute atomic E-state index is 0.0221. The van der Waals surface area contributed by atoms with E-state index in [2.05, 4.69) is 0 Å². The first-order valence-corrected chi connectivity index (χ1v) is 6.31. The number of benzene rings is 1. The van der Waals surface area contributed by atoms with Crippen molar-refractivity contribution in [2.24, 2.45) is 0 Å². The van der Waals surface area contributed by atoms with Gasteiger partial charge in [-0.25, -0.2) is 0 Å². The van der Waals surface area contributed by atoms with Crippen molar-refractivity contribution in [3.63, 3.8) is 0 Å². The molecule has 1 aromatic heterocycles. The van der Waals surface area contributed by atoms with Crippen LogP contribution in [0.2, 0.25) is 5.02 Å². The van der Waals surface area contributed by atoms with Crippen LogP contribution >= 0.6 is 11.6 Å². The minimum atomic E-state index is -0.350. The van der Waals surface area contributed by atoms with Crippen LogP contribution in [0.5, 0.6) is 0 Å². The minimum Gasteiger partial charge on any atom is -0.313 e. The highest BCUT2D eigenvalue weighted by Crippen LogP contribution is 2.22. The summed E-state index contributed by atoms with van der Waals surface area (Å²) in [6.45, 7) is -0.0221. The fourth-order valence-corrected chi connectivity index (χ4v) is 2.33. The number of nitrogens with zero attached hydrogens (tertiary/aromatic N) is 2. The molecule has 100 valence electrons. The molecule has 0 spiro atoms. The summed E-state index contributed by atoms with van der Waals surface area (Å²) in [5.74, 6) is -0.699. The predicted octanol–water partition coefficient (Wildman–Crippen LogP) is 1.87. The van der Waals surface area contributed by atoms with Gasteiger partial charge < -0.3 is 4.57 Å². The largest absolute Gasteiger partial charge is 0.313 e. The smallest absolute Gasteiger partial charge is 0.263 e. The van der Waals surface area contributed by atoms with Gasteiger partial charge in [-0.3, -0.25) is 19.9 Å². The molecule has 0 saturated heterocycles. The first kappa shape index (κ1) is 12.6. The normalized spacial score (nSPS) is 13.8. The van der Waals surface area contributed by atoms with Crippen LogP contribution < -0.4 is 5.49 Å². The van der Waals surface area contributed by atoms with Crippen molar-refractivity contribution in [1.29, 1.82) is 5.41 Å². The Kier molecular flexibility index (Phi) is 2.91. The summed E-state index contributed by atoms with van der Waals surface area (Å²) >= 11 is 5.87. The lowest BCUT2D eigenvalue weighted by Gasteiger charge is -2.16. The molecule has 0 fully saturated rings. The molecule has 0 bridgehead atoms. The number of hydrogen-bond acceptors (Lipinski definition) is 3. The number of halogens is 1. The first-order chi connectivity index (χ1) is 9.58. The van der Waals surface area contributed by atoms with E-state index in [1.807, 2.05) is 0 Å². The molecule has 2 aromatic rings. The fourth-order valence-electron chi connectivity index (χ4n) is 2.15. The maximum atomic E-state index is 12.2. The topological polar surface area (TPSA) is 66.2 Å². The van der Waals surface area contributed by atoms with Gasteiger partial charge >= 0.3 is 0 Å². The highest BCUT2D eigenvalue weighted by Gasteiger charge is 2.35. The lowest BCUT2D eigenvalue weighted by molar-refractivity contribution is 0.0603. The number of carbonyl (C=O) groups is 2. The lowest BCUT2D eigenvalue weighted by Crippen LogP contribution is -2.35. The van der Waals surface area contributed by atoms with Crippen LogP contribution in [0, 0.1) is 5.41 Å². The molecule has 2 amide bonds. The molecule has 20 heavy (non-hydrogen) atoms. The van der Waals surface area contributed by atoms with Crippen molar-refractivity contribution in [2.75, 3.05) is 0 Å². The van der Waals surface area contributed by atoms with E-state index < -0.39 is 0 Å². The number of imide groups is 1. The second kappa shape index (κ2) is 4.61. The monoisotopic (exact) mass is 287 g/mol. The van der Waals surface area contributed by atoms with Crippen LogP contribution in [0.4, 0.5) is 0 Å². The van der Waals surface area contributed by atoms with E-state index in [9.17, 15) is 9.59 Å². The van der Waals surface area contributed by atoms with Gasteiger partial charge in [0.25, 0.3) is 11.8 Å². The quantitative estimate of drug-likeness (QED) is 0.857. The number of carbonyl (C=O) groups excluding carboxylic acids is 2. The number of aromatic nitrogens is 1. The second-order valence-electron chi connectivity index (χ2n) is 4.43. The van der Waals surface area contributed by atoms with E-state index in [1.165, 1.54) is 16.8 Å². The van der Waals surface area contributed by atoms with Gasteiger partial charge in [0.05, 0.1) is 16.1 Å². The maximum absolute atomic E-state index is 12.2. The maximum Gasteiger partial charge on any atom is 0.263 e. The van der Waals surface area contributed by atoms with E-state index in [0.717, 1.165) is 4.90 Å². The number of rotatable bonds is 2. The summed E-state index contributed by atoms with van der Waals surface area (Å²) < 4.78 is 1.45. The summed E-state index contributed by atoms with van der Waals surface area (Å²) in [7, 11) is 0. The third-order valence-electron chi connectivity index (χ3n) is 3.16. The van der Waals surface area contributed by atoms with E-state index in [0.29, 0.717) is 16.1 Å². The van der Waals surface area contributed by atoms with Crippen molar-refractivity contribution in [3.8, 4) is 0 Å². The summed E-state index contributed by atoms with van der Waals surface area (Å²) in [5.41, 5.74) is 0.962. The van der Waals surface area contributed by atoms with Gasteiger partial charge in [0, 0.05) is 6.20 Å². The summed E-state index contributed by atoms with van der Waals surface area (Å²) in [5, 5.41) is 8.22. The molecule has 1 aliphatic heterocycles. The van der Waals surface area contributed by atoms with Gasteiger partial charge in [-0.2, -0.15) is 0 Å². The Bertz CT molecular complexity index is 747. The average molecular weight is 288 g/mol. The highest BCUT2D eigenvalue weighted by molar-refractivity contribution is 6.30. The zero-order chi connectivity index (χ0) is 14.3. The molecule has 0 atom stereocenters. The van der Waals surface area contributed by atoms with Crippen LogP contribution in [0.1, 0.15) is 20.7 Å². The van der Waals surface area contributed by atoms with Gasteiger partial charge in [-0.05, 0) is 24.3 Å². The van der Waals surface area contributed by atoms with Crippen molar-refractivity contribution in [1.82, 2.24) is 9.47 Å². The SMILES string of the molecule is N=c1ccc(Cl)cn1CN1C(=O)c2ccccc2C1=O. The summed E-state index contributed by atoms with van der Waals surface area (Å²) in [6, 6.07) is 9.79. The Labute approximate surface area is 119 Å². The van der Waals surface area contributed by atoms with E-state index in [1.54, 1.807) is 30.3 Å². The zero-order valence-corrected chi connectivity index (χ0v) is 11.1. The second-order valence-corrected chi connectivity index (χ2v) is 4.86. The number of amides is 2. The van der Waals surface area contributed by atoms with Crippen LogP contribution in [0.15, 0.2) is 42.6 Å². The van der Waals surface area contributed by atoms with E-state index in [-0.39, 0.29) is 24.0 Å². The van der Waals surface area contributed by atoms with Crippen molar-refractivity contribution >= 4 is 23.4 Å². The number of hydrogen-bond donors (Lipinski definition) is 1. The molecule has 1 aromatic carbocycles. The van der Waals surface area contributed by atoms with Crippen LogP contribution in [-0.4, -0.2) is 21.3 Å². The summed E-state index contributed by atoms with van der Waals surface area (Å²) in [6.07, 6.45) is 1.52. The van der Waals surface area contributed by atoms with Crippen LogP contribution in [0.25, 0.3) is 0 Å². The van der Waals surface area contributed by atoms with Gasteiger partial charge in [-0.1, -0.05) is 23.7 Å². The van der Waals surface area contributed by atoms with Gasteiger partial charge in [0.15, 0.2) is 0 Å². The van der Waals surface area contributed by atoms with Gasteiger partial charge in [0.2, 0.25) is 0 Å². The standard InChI is InChI=1S/C14H10ClN3O2/c15-9-5-6-12(16)17(7-9)8-18-13(19)10-3-1-2-4-11(10)14(18)20/h1-7,16H,8H2. The number of fused-ring (bicyclic) bond motifs is 1. The molecule has 0 saturated carbocycles. The lowest BCUT2D eigenvalue weighted by atomic mass is 10.1. The number of nitrogens with one attached hydrogen (secondary N) is 1. The molecule has 0 unspecified atom stereocenters. The van der Waals surface area contributed by atoms with E-state index >= 15 is 0 Å². The molecule has 0 aliphatic carbocycles. The Balaban J connectivity index is 1.98. The Hall–Kier alpha value is -2.40. The van der Waals surface area contributed by atoms with Gasteiger partial charge in [-0.15, -0.1) is 0 Å². The molecule has 5 nitrogen and oxygen atoms in total. The molecule has 0 radical (unpaired) electrons. The predicted molar refractivity (Wildman–Crippen MR) is 72.2 cm³/mol. The molecule has 1 N–H and O–H groups in total.